The van der Waals surface area contributed by atoms with Gasteiger partial charge in [0.25, 0.3) is 0 Å². The van der Waals surface area contributed by atoms with Crippen LogP contribution in [0.3, 0.4) is 0 Å². The lowest BCUT2D eigenvalue weighted by molar-refractivity contribution is 0.156. The molecule has 0 aromatic rings. The molecule has 0 fully saturated rings. The Hall–Kier alpha value is 0.110. The van der Waals surface area contributed by atoms with E-state index in [9.17, 15) is 4.57 Å². The summed E-state index contributed by atoms with van der Waals surface area (Å²) in [6.07, 6.45) is 0.0243. The standard InChI is InChI=1S/C5H13O4P/c1-4-9-5-10(6,7-2)8-3/h4-5H2,1-3H3. The summed E-state index contributed by atoms with van der Waals surface area (Å²) in [5.74, 6) is 0. The molecular weight excluding hydrogens is 155 g/mol. The van der Waals surface area contributed by atoms with Gasteiger partial charge in [0, 0.05) is 20.8 Å². The van der Waals surface area contributed by atoms with Crippen molar-refractivity contribution in [3.05, 3.63) is 0 Å². The van der Waals surface area contributed by atoms with Gasteiger partial charge in [0.2, 0.25) is 0 Å². The van der Waals surface area contributed by atoms with Crippen LogP contribution in [-0.2, 0) is 18.3 Å². The highest BCUT2D eigenvalue weighted by atomic mass is 31.2. The quantitative estimate of drug-likeness (QED) is 0.583. The molecule has 0 radical (unpaired) electrons. The summed E-state index contributed by atoms with van der Waals surface area (Å²) in [4.78, 5) is 0. The Bertz CT molecular complexity index is 117. The van der Waals surface area contributed by atoms with Crippen LogP contribution in [0.5, 0.6) is 0 Å². The molecule has 4 nitrogen and oxygen atoms in total. The maximum Gasteiger partial charge on any atom is 0.355 e. The van der Waals surface area contributed by atoms with E-state index in [-0.39, 0.29) is 6.35 Å². The largest absolute Gasteiger partial charge is 0.369 e. The normalized spacial score (nSPS) is 11.9. The fraction of sp³-hybridized carbons (Fsp3) is 1.00. The molecular formula is C5H13O4P. The minimum Gasteiger partial charge on any atom is -0.369 e. The Morgan fingerprint density at radius 1 is 1.30 bits per heavy atom. The Labute approximate surface area is 61.0 Å². The van der Waals surface area contributed by atoms with E-state index in [1.165, 1.54) is 14.2 Å². The van der Waals surface area contributed by atoms with E-state index < -0.39 is 7.60 Å². The van der Waals surface area contributed by atoms with Crippen molar-refractivity contribution in [2.75, 3.05) is 27.2 Å². The molecule has 0 bridgehead atoms. The van der Waals surface area contributed by atoms with E-state index in [1.54, 1.807) is 0 Å². The van der Waals surface area contributed by atoms with Crippen LogP contribution >= 0.6 is 7.60 Å². The van der Waals surface area contributed by atoms with Crippen molar-refractivity contribution in [2.45, 2.75) is 6.92 Å². The summed E-state index contributed by atoms with van der Waals surface area (Å²) in [6, 6.07) is 0. The van der Waals surface area contributed by atoms with Gasteiger partial charge >= 0.3 is 7.60 Å². The Kier molecular flexibility index (Phi) is 4.91. The molecule has 0 aliphatic rings. The molecule has 0 aromatic carbocycles. The summed E-state index contributed by atoms with van der Waals surface area (Å²) in [5.41, 5.74) is 0. The second-order valence-corrected chi connectivity index (χ2v) is 3.81. The third kappa shape index (κ3) is 3.32. The molecule has 10 heavy (non-hydrogen) atoms. The summed E-state index contributed by atoms with van der Waals surface area (Å²) in [6.45, 7) is 2.33. The highest BCUT2D eigenvalue weighted by molar-refractivity contribution is 7.53. The first-order chi connectivity index (χ1) is 4.68. The van der Waals surface area contributed by atoms with Gasteiger partial charge in [-0.1, -0.05) is 0 Å². The molecule has 0 N–H and O–H groups in total. The molecule has 0 amide bonds. The van der Waals surface area contributed by atoms with Gasteiger partial charge in [0.15, 0.2) is 0 Å². The van der Waals surface area contributed by atoms with E-state index in [0.717, 1.165) is 0 Å². The average Bonchev–Trinajstić information content (AvgIpc) is 2.00. The topological polar surface area (TPSA) is 44.8 Å². The lowest BCUT2D eigenvalue weighted by atomic mass is 10.9. The van der Waals surface area contributed by atoms with Crippen LogP contribution in [-0.4, -0.2) is 27.2 Å². The van der Waals surface area contributed by atoms with E-state index >= 15 is 0 Å². The van der Waals surface area contributed by atoms with Crippen molar-refractivity contribution in [1.29, 1.82) is 0 Å². The fourth-order valence-electron chi connectivity index (χ4n) is 0.383. The van der Waals surface area contributed by atoms with E-state index in [2.05, 4.69) is 9.05 Å². The van der Waals surface area contributed by atoms with Crippen LogP contribution in [0, 0.1) is 0 Å². The van der Waals surface area contributed by atoms with Gasteiger partial charge in [-0.15, -0.1) is 0 Å². The molecule has 0 saturated carbocycles. The summed E-state index contributed by atoms with van der Waals surface area (Å²) < 4.78 is 25.2. The van der Waals surface area contributed by atoms with E-state index in [1.807, 2.05) is 6.92 Å². The molecule has 5 heteroatoms. The number of rotatable bonds is 5. The first kappa shape index (κ1) is 10.1. The Balaban J connectivity index is 3.70. The van der Waals surface area contributed by atoms with Crippen LogP contribution in [0.15, 0.2) is 0 Å². The predicted octanol–water partition coefficient (Wildman–Crippen LogP) is 1.47. The second-order valence-electron chi connectivity index (χ2n) is 1.60. The third-order valence-corrected chi connectivity index (χ3v) is 2.62. The average molecular weight is 168 g/mol. The minimum atomic E-state index is -2.92. The molecule has 0 aliphatic carbocycles. The monoisotopic (exact) mass is 168 g/mol. The maximum atomic E-state index is 11.1. The smallest absolute Gasteiger partial charge is 0.355 e. The van der Waals surface area contributed by atoms with Gasteiger partial charge in [0.1, 0.15) is 6.35 Å². The van der Waals surface area contributed by atoms with E-state index in [0.29, 0.717) is 6.61 Å². The van der Waals surface area contributed by atoms with Gasteiger partial charge in [-0.2, -0.15) is 0 Å². The molecule has 0 atom stereocenters. The van der Waals surface area contributed by atoms with Crippen LogP contribution in [0.25, 0.3) is 0 Å². The zero-order valence-electron chi connectivity index (χ0n) is 6.49. The fourth-order valence-corrected chi connectivity index (χ4v) is 1.15. The molecule has 62 valence electrons. The summed E-state index contributed by atoms with van der Waals surface area (Å²) >= 11 is 0. The molecule has 0 aromatic heterocycles. The van der Waals surface area contributed by atoms with Gasteiger partial charge in [-0.05, 0) is 6.92 Å². The molecule has 0 saturated heterocycles. The van der Waals surface area contributed by atoms with E-state index in [4.69, 9.17) is 4.74 Å². The Morgan fingerprint density at radius 2 is 1.80 bits per heavy atom. The molecule has 0 spiro atoms. The van der Waals surface area contributed by atoms with Gasteiger partial charge in [0.05, 0.1) is 0 Å². The second kappa shape index (κ2) is 4.85. The number of hydrogen-bond acceptors (Lipinski definition) is 4. The van der Waals surface area contributed by atoms with Crippen molar-refractivity contribution in [1.82, 2.24) is 0 Å². The van der Waals surface area contributed by atoms with Gasteiger partial charge in [-0.25, -0.2) is 0 Å². The van der Waals surface area contributed by atoms with Crippen LogP contribution in [0.4, 0.5) is 0 Å². The zero-order valence-corrected chi connectivity index (χ0v) is 7.39. The highest BCUT2D eigenvalue weighted by Crippen LogP contribution is 2.45. The third-order valence-electron chi connectivity index (χ3n) is 1.01. The van der Waals surface area contributed by atoms with Gasteiger partial charge in [-0.3, -0.25) is 4.57 Å². The van der Waals surface area contributed by atoms with Crippen LogP contribution in [0.1, 0.15) is 6.92 Å². The van der Waals surface area contributed by atoms with Crippen molar-refractivity contribution in [3.8, 4) is 0 Å². The van der Waals surface area contributed by atoms with Crippen molar-refractivity contribution >= 4 is 7.60 Å². The first-order valence-corrected chi connectivity index (χ1v) is 4.69. The van der Waals surface area contributed by atoms with Crippen molar-refractivity contribution in [3.63, 3.8) is 0 Å². The van der Waals surface area contributed by atoms with Crippen LogP contribution < -0.4 is 0 Å². The van der Waals surface area contributed by atoms with Crippen molar-refractivity contribution in [2.24, 2.45) is 0 Å². The molecule has 0 rings (SSSR count). The molecule has 0 unspecified atom stereocenters. The summed E-state index contributed by atoms with van der Waals surface area (Å²) in [5, 5.41) is 0. The zero-order chi connectivity index (χ0) is 8.04. The number of hydrogen-bond donors (Lipinski definition) is 0. The Morgan fingerprint density at radius 3 is 2.10 bits per heavy atom. The SMILES string of the molecule is CCOCP(=O)(OC)OC. The first-order valence-electron chi connectivity index (χ1n) is 2.96. The van der Waals surface area contributed by atoms with Crippen molar-refractivity contribution < 1.29 is 18.3 Å². The molecule has 0 heterocycles. The predicted molar refractivity (Wildman–Crippen MR) is 38.1 cm³/mol. The lowest BCUT2D eigenvalue weighted by Crippen LogP contribution is -1.98. The highest BCUT2D eigenvalue weighted by Gasteiger charge is 2.20. The summed E-state index contributed by atoms with van der Waals surface area (Å²) in [7, 11) is -0.247. The lowest BCUT2D eigenvalue weighted by Gasteiger charge is -2.12. The minimum absolute atomic E-state index is 0.0243. The van der Waals surface area contributed by atoms with Crippen LogP contribution in [0.2, 0.25) is 0 Å². The molecule has 0 aliphatic heterocycles. The maximum absolute atomic E-state index is 11.1. The van der Waals surface area contributed by atoms with Gasteiger partial charge < -0.3 is 13.8 Å². The number of ether oxygens (including phenoxy) is 1.